The van der Waals surface area contributed by atoms with Crippen molar-refractivity contribution in [3.8, 4) is 6.07 Å². The molecule has 2 aliphatic heterocycles. The molecule has 4 rings (SSSR count). The number of fused-ring (bicyclic) bond motifs is 1. The highest BCUT2D eigenvalue weighted by atomic mass is 16.7. The average Bonchev–Trinajstić information content (AvgIpc) is 2.83. The quantitative estimate of drug-likeness (QED) is 0.586. The van der Waals surface area contributed by atoms with Crippen molar-refractivity contribution in [2.24, 2.45) is 5.92 Å². The van der Waals surface area contributed by atoms with Gasteiger partial charge in [-0.25, -0.2) is 0 Å². The van der Waals surface area contributed by atoms with Crippen LogP contribution in [0, 0.1) is 17.2 Å². The van der Waals surface area contributed by atoms with Crippen molar-refractivity contribution >= 4 is 0 Å². The third kappa shape index (κ3) is 3.20. The average molecular weight is 342 g/mol. The molecule has 5 nitrogen and oxygen atoms in total. The molecule has 1 aromatic rings. The first kappa shape index (κ1) is 17.0. The first-order valence-corrected chi connectivity index (χ1v) is 9.39. The van der Waals surface area contributed by atoms with Crippen LogP contribution >= 0.6 is 0 Å². The predicted octanol–water partition coefficient (Wildman–Crippen LogP) is 3.41. The molecule has 0 radical (unpaired) electrons. The first-order valence-electron chi connectivity index (χ1n) is 9.39. The predicted molar refractivity (Wildman–Crippen MR) is 92.1 cm³/mol. The third-order valence-corrected chi connectivity index (χ3v) is 5.94. The minimum Gasteiger partial charge on any atom is -0.354 e. The number of rotatable bonds is 6. The molecule has 0 amide bonds. The molecule has 4 atom stereocenters. The van der Waals surface area contributed by atoms with Crippen molar-refractivity contribution in [2.75, 3.05) is 13.4 Å². The summed E-state index contributed by atoms with van der Waals surface area (Å²) >= 11 is 0. The van der Waals surface area contributed by atoms with E-state index in [9.17, 15) is 5.26 Å². The number of nitrogens with zero attached hydrogens (tertiary/aromatic N) is 2. The van der Waals surface area contributed by atoms with Gasteiger partial charge in [-0.3, -0.25) is 4.84 Å². The Balaban J connectivity index is 1.29. The molecule has 1 spiro atoms. The van der Waals surface area contributed by atoms with E-state index in [2.05, 4.69) is 11.1 Å². The van der Waals surface area contributed by atoms with Crippen LogP contribution in [0.1, 0.15) is 44.1 Å². The van der Waals surface area contributed by atoms with E-state index in [0.717, 1.165) is 44.1 Å². The second-order valence-corrected chi connectivity index (χ2v) is 7.44. The summed E-state index contributed by atoms with van der Waals surface area (Å²) in [5.41, 5.74) is 1.07. The lowest BCUT2D eigenvalue weighted by atomic mass is 9.68. The zero-order valence-corrected chi connectivity index (χ0v) is 14.6. The van der Waals surface area contributed by atoms with Crippen molar-refractivity contribution in [3.63, 3.8) is 0 Å². The van der Waals surface area contributed by atoms with Crippen LogP contribution in [0.25, 0.3) is 0 Å². The fourth-order valence-corrected chi connectivity index (χ4v) is 4.82. The lowest BCUT2D eigenvalue weighted by Gasteiger charge is -2.46. The van der Waals surface area contributed by atoms with Crippen LogP contribution in [-0.2, 0) is 20.9 Å². The summed E-state index contributed by atoms with van der Waals surface area (Å²) in [5.74, 6) is 0.0124. The van der Waals surface area contributed by atoms with E-state index in [4.69, 9.17) is 14.3 Å². The summed E-state index contributed by atoms with van der Waals surface area (Å²) < 4.78 is 11.4. The van der Waals surface area contributed by atoms with Gasteiger partial charge in [-0.1, -0.05) is 30.3 Å². The first-order chi connectivity index (χ1) is 12.3. The summed E-state index contributed by atoms with van der Waals surface area (Å²) in [7, 11) is 0. The van der Waals surface area contributed by atoms with E-state index >= 15 is 0 Å². The fourth-order valence-electron chi connectivity index (χ4n) is 4.82. The van der Waals surface area contributed by atoms with Gasteiger partial charge in [0.05, 0.1) is 42.9 Å². The standard InChI is InChI=1S/C20H26N2O3/c21-12-18-19-9-5-11-20(18)10-4-8-17(22(20)25-19)14-24-15-23-13-16-6-2-1-3-7-16/h1-3,6-7,17-19H,4-5,8-11,13-15H2/t17-,18?,19?,20?/m0/s1. The molecule has 25 heavy (non-hydrogen) atoms. The Morgan fingerprint density at radius 3 is 2.76 bits per heavy atom. The highest BCUT2D eigenvalue weighted by molar-refractivity contribution is 5.15. The van der Waals surface area contributed by atoms with E-state index in [1.54, 1.807) is 0 Å². The Kier molecular flexibility index (Phi) is 5.05. The van der Waals surface area contributed by atoms with E-state index < -0.39 is 0 Å². The number of ether oxygens (including phenoxy) is 2. The monoisotopic (exact) mass is 342 g/mol. The molecule has 5 heteroatoms. The van der Waals surface area contributed by atoms with Gasteiger partial charge in [0, 0.05) is 0 Å². The molecule has 3 unspecified atom stereocenters. The van der Waals surface area contributed by atoms with Crippen LogP contribution in [0.4, 0.5) is 0 Å². The maximum atomic E-state index is 9.64. The Morgan fingerprint density at radius 1 is 1.16 bits per heavy atom. The molecule has 3 fully saturated rings. The highest BCUT2D eigenvalue weighted by Gasteiger charge is 2.60. The third-order valence-electron chi connectivity index (χ3n) is 5.94. The van der Waals surface area contributed by atoms with Crippen LogP contribution in [0.5, 0.6) is 0 Å². The largest absolute Gasteiger partial charge is 0.354 e. The summed E-state index contributed by atoms with van der Waals surface area (Å²) in [4.78, 5) is 6.21. The summed E-state index contributed by atoms with van der Waals surface area (Å²) in [5, 5.41) is 11.8. The molecular formula is C20H26N2O3. The fraction of sp³-hybridized carbons (Fsp3) is 0.650. The Bertz CT molecular complexity index is 613. The van der Waals surface area contributed by atoms with Crippen LogP contribution < -0.4 is 0 Å². The molecule has 2 bridgehead atoms. The molecule has 0 aromatic heterocycles. The van der Waals surface area contributed by atoms with Gasteiger partial charge in [0.1, 0.15) is 6.79 Å². The molecule has 1 aliphatic carbocycles. The lowest BCUT2D eigenvalue weighted by molar-refractivity contribution is -0.235. The molecule has 2 heterocycles. The molecule has 2 saturated heterocycles. The summed E-state index contributed by atoms with van der Waals surface area (Å²) in [6, 6.07) is 12.9. The Labute approximate surface area is 149 Å². The minimum absolute atomic E-state index is 0.0124. The zero-order valence-electron chi connectivity index (χ0n) is 14.6. The van der Waals surface area contributed by atoms with Crippen LogP contribution in [0.15, 0.2) is 30.3 Å². The maximum absolute atomic E-state index is 9.64. The summed E-state index contributed by atoms with van der Waals surface area (Å²) in [6.07, 6.45) is 6.59. The van der Waals surface area contributed by atoms with Crippen LogP contribution in [0.3, 0.4) is 0 Å². The van der Waals surface area contributed by atoms with E-state index in [-0.39, 0.29) is 30.4 Å². The minimum atomic E-state index is -0.0746. The molecular weight excluding hydrogens is 316 g/mol. The van der Waals surface area contributed by atoms with Gasteiger partial charge in [-0.05, 0) is 44.1 Å². The lowest BCUT2D eigenvalue weighted by Crippen LogP contribution is -2.56. The molecule has 0 N–H and O–H groups in total. The van der Waals surface area contributed by atoms with Crippen molar-refractivity contribution in [2.45, 2.75) is 62.8 Å². The van der Waals surface area contributed by atoms with Crippen molar-refractivity contribution < 1.29 is 14.3 Å². The second kappa shape index (κ2) is 7.43. The molecule has 3 aliphatic rings. The second-order valence-electron chi connectivity index (χ2n) is 7.44. The van der Waals surface area contributed by atoms with E-state index in [1.807, 2.05) is 30.3 Å². The number of benzene rings is 1. The van der Waals surface area contributed by atoms with Crippen molar-refractivity contribution in [3.05, 3.63) is 35.9 Å². The van der Waals surface area contributed by atoms with Gasteiger partial charge in [-0.2, -0.15) is 10.3 Å². The molecule has 1 aromatic carbocycles. The smallest absolute Gasteiger partial charge is 0.147 e. The van der Waals surface area contributed by atoms with Gasteiger partial charge < -0.3 is 9.47 Å². The van der Waals surface area contributed by atoms with Gasteiger partial charge >= 0.3 is 0 Å². The van der Waals surface area contributed by atoms with Gasteiger partial charge in [-0.15, -0.1) is 0 Å². The number of hydrogen-bond acceptors (Lipinski definition) is 5. The normalized spacial score (nSPS) is 34.4. The zero-order chi connectivity index (χ0) is 17.1. The Morgan fingerprint density at radius 2 is 1.96 bits per heavy atom. The number of nitriles is 1. The highest BCUT2D eigenvalue weighted by Crippen LogP contribution is 2.52. The van der Waals surface area contributed by atoms with E-state index in [1.165, 1.54) is 0 Å². The number of hydroxylamine groups is 2. The Hall–Kier alpha value is -1.45. The summed E-state index contributed by atoms with van der Waals surface area (Å²) in [6.45, 7) is 1.45. The topological polar surface area (TPSA) is 54.7 Å². The number of piperidine rings is 1. The molecule has 134 valence electrons. The SMILES string of the molecule is N#CC1C2CCCC13CCC[C@@H](COCOCc1ccccc1)N3O2. The van der Waals surface area contributed by atoms with Crippen LogP contribution in [0.2, 0.25) is 0 Å². The van der Waals surface area contributed by atoms with Gasteiger partial charge in [0.15, 0.2) is 0 Å². The van der Waals surface area contributed by atoms with Gasteiger partial charge in [0.2, 0.25) is 0 Å². The van der Waals surface area contributed by atoms with Crippen molar-refractivity contribution in [1.29, 1.82) is 5.26 Å². The van der Waals surface area contributed by atoms with Crippen LogP contribution in [-0.4, -0.2) is 36.1 Å². The van der Waals surface area contributed by atoms with E-state index in [0.29, 0.717) is 13.2 Å². The molecule has 1 saturated carbocycles. The maximum Gasteiger partial charge on any atom is 0.147 e. The van der Waals surface area contributed by atoms with Gasteiger partial charge in [0.25, 0.3) is 0 Å². The number of hydrogen-bond donors (Lipinski definition) is 0. The van der Waals surface area contributed by atoms with Crippen molar-refractivity contribution in [1.82, 2.24) is 5.06 Å².